The summed E-state index contributed by atoms with van der Waals surface area (Å²) in [6.07, 6.45) is 2.97. The Morgan fingerprint density at radius 3 is 2.85 bits per heavy atom. The topological polar surface area (TPSA) is 81.4 Å². The number of fused-ring (bicyclic) bond motifs is 1. The SMILES string of the molecule is CC1Cc2cc(S(=O)(=O)NC(CN)C3CC3)ccc2O1. The second-order valence-electron chi connectivity index (χ2n) is 5.70. The van der Waals surface area contributed by atoms with Gasteiger partial charge >= 0.3 is 0 Å². The first-order chi connectivity index (χ1) is 9.49. The van der Waals surface area contributed by atoms with Gasteiger partial charge in [0.15, 0.2) is 0 Å². The van der Waals surface area contributed by atoms with Gasteiger partial charge < -0.3 is 10.5 Å². The van der Waals surface area contributed by atoms with Crippen molar-refractivity contribution < 1.29 is 13.2 Å². The molecule has 3 rings (SSSR count). The Balaban J connectivity index is 1.82. The zero-order valence-corrected chi connectivity index (χ0v) is 12.3. The van der Waals surface area contributed by atoms with Crippen molar-refractivity contribution in [2.24, 2.45) is 11.7 Å². The Hall–Kier alpha value is -1.11. The maximum atomic E-state index is 12.4. The van der Waals surface area contributed by atoms with Crippen LogP contribution in [0.3, 0.4) is 0 Å². The van der Waals surface area contributed by atoms with E-state index in [4.69, 9.17) is 10.5 Å². The summed E-state index contributed by atoms with van der Waals surface area (Å²) in [5, 5.41) is 0. The largest absolute Gasteiger partial charge is 0.490 e. The van der Waals surface area contributed by atoms with Crippen LogP contribution in [0.5, 0.6) is 5.75 Å². The van der Waals surface area contributed by atoms with E-state index in [-0.39, 0.29) is 12.1 Å². The number of ether oxygens (including phenoxy) is 1. The van der Waals surface area contributed by atoms with E-state index in [1.54, 1.807) is 18.2 Å². The molecule has 1 aliphatic heterocycles. The normalized spacial score (nSPS) is 23.2. The van der Waals surface area contributed by atoms with Gasteiger partial charge in [-0.15, -0.1) is 0 Å². The summed E-state index contributed by atoms with van der Waals surface area (Å²) in [5.74, 6) is 1.18. The predicted molar refractivity (Wildman–Crippen MR) is 76.1 cm³/mol. The molecule has 1 aromatic carbocycles. The molecule has 1 aliphatic carbocycles. The van der Waals surface area contributed by atoms with E-state index in [9.17, 15) is 8.42 Å². The lowest BCUT2D eigenvalue weighted by molar-refractivity contribution is 0.254. The Morgan fingerprint density at radius 1 is 1.45 bits per heavy atom. The predicted octanol–water partition coefficient (Wildman–Crippen LogP) is 1.03. The van der Waals surface area contributed by atoms with Crippen LogP contribution < -0.4 is 15.2 Å². The first-order valence-electron chi connectivity index (χ1n) is 7.01. The lowest BCUT2D eigenvalue weighted by Gasteiger charge is -2.16. The van der Waals surface area contributed by atoms with Crippen LogP contribution in [0.1, 0.15) is 25.3 Å². The number of nitrogens with two attached hydrogens (primary N) is 1. The van der Waals surface area contributed by atoms with Crippen LogP contribution in [-0.2, 0) is 16.4 Å². The molecular formula is C14H20N2O3S. The fraction of sp³-hybridized carbons (Fsp3) is 0.571. The Labute approximate surface area is 119 Å². The molecule has 2 aliphatic rings. The van der Waals surface area contributed by atoms with E-state index in [2.05, 4.69) is 4.72 Å². The highest BCUT2D eigenvalue weighted by atomic mass is 32.2. The summed E-state index contributed by atoms with van der Waals surface area (Å²) in [6.45, 7) is 2.32. The molecule has 0 bridgehead atoms. The Kier molecular flexibility index (Phi) is 3.48. The molecule has 0 amide bonds. The molecule has 110 valence electrons. The van der Waals surface area contributed by atoms with Crippen molar-refractivity contribution in [2.45, 2.75) is 43.2 Å². The number of rotatable bonds is 5. The van der Waals surface area contributed by atoms with E-state index >= 15 is 0 Å². The number of nitrogens with one attached hydrogen (secondary N) is 1. The summed E-state index contributed by atoms with van der Waals surface area (Å²) in [5.41, 5.74) is 6.62. The first-order valence-corrected chi connectivity index (χ1v) is 8.50. The average Bonchev–Trinajstić information content (AvgIpc) is 3.16. The van der Waals surface area contributed by atoms with E-state index in [1.165, 1.54) is 0 Å². The van der Waals surface area contributed by atoms with Gasteiger partial charge in [-0.25, -0.2) is 13.1 Å². The molecule has 2 unspecified atom stereocenters. The van der Waals surface area contributed by atoms with Crippen LogP contribution in [0.2, 0.25) is 0 Å². The highest BCUT2D eigenvalue weighted by molar-refractivity contribution is 7.89. The Morgan fingerprint density at radius 2 is 2.20 bits per heavy atom. The monoisotopic (exact) mass is 296 g/mol. The number of sulfonamides is 1. The average molecular weight is 296 g/mol. The minimum absolute atomic E-state index is 0.110. The summed E-state index contributed by atoms with van der Waals surface area (Å²) in [4.78, 5) is 0.299. The van der Waals surface area contributed by atoms with Gasteiger partial charge in [0.1, 0.15) is 11.9 Å². The van der Waals surface area contributed by atoms with Gasteiger partial charge in [0.2, 0.25) is 10.0 Å². The second kappa shape index (κ2) is 5.02. The highest BCUT2D eigenvalue weighted by Crippen LogP contribution is 2.34. The molecule has 6 heteroatoms. The van der Waals surface area contributed by atoms with Crippen molar-refractivity contribution in [1.82, 2.24) is 4.72 Å². The van der Waals surface area contributed by atoms with Crippen molar-refractivity contribution in [3.05, 3.63) is 23.8 Å². The summed E-state index contributed by atoms with van der Waals surface area (Å²) >= 11 is 0. The molecular weight excluding hydrogens is 276 g/mol. The summed E-state index contributed by atoms with van der Waals surface area (Å²) in [7, 11) is -3.50. The molecule has 2 atom stereocenters. The molecule has 20 heavy (non-hydrogen) atoms. The maximum Gasteiger partial charge on any atom is 0.240 e. The quantitative estimate of drug-likeness (QED) is 0.850. The van der Waals surface area contributed by atoms with Crippen molar-refractivity contribution in [3.8, 4) is 5.75 Å². The standard InChI is InChI=1S/C14H20N2O3S/c1-9-6-11-7-12(4-5-14(11)19-9)20(17,18)16-13(8-15)10-2-3-10/h4-5,7,9-10,13,16H,2-3,6,8,15H2,1H3. The van der Waals surface area contributed by atoms with Gasteiger partial charge in [-0.05, 0) is 49.4 Å². The zero-order valence-electron chi connectivity index (χ0n) is 11.5. The van der Waals surface area contributed by atoms with Crippen LogP contribution in [0, 0.1) is 5.92 Å². The molecule has 1 aromatic rings. The van der Waals surface area contributed by atoms with Gasteiger partial charge in [-0.1, -0.05) is 0 Å². The van der Waals surface area contributed by atoms with E-state index < -0.39 is 10.0 Å². The van der Waals surface area contributed by atoms with E-state index in [1.807, 2.05) is 6.92 Å². The molecule has 5 nitrogen and oxygen atoms in total. The van der Waals surface area contributed by atoms with Gasteiger partial charge in [-0.2, -0.15) is 0 Å². The van der Waals surface area contributed by atoms with Crippen LogP contribution in [0.4, 0.5) is 0 Å². The first kappa shape index (κ1) is 13.9. The lowest BCUT2D eigenvalue weighted by atomic mass is 10.1. The zero-order chi connectivity index (χ0) is 14.3. The molecule has 0 radical (unpaired) electrons. The highest BCUT2D eigenvalue weighted by Gasteiger charge is 2.33. The fourth-order valence-corrected chi connectivity index (χ4v) is 4.04. The minimum atomic E-state index is -3.50. The molecule has 3 N–H and O–H groups in total. The number of benzene rings is 1. The Bertz CT molecular complexity index is 611. The van der Waals surface area contributed by atoms with Gasteiger partial charge in [-0.3, -0.25) is 0 Å². The van der Waals surface area contributed by atoms with Crippen LogP contribution in [-0.4, -0.2) is 27.1 Å². The molecule has 0 aromatic heterocycles. The van der Waals surface area contributed by atoms with Crippen molar-refractivity contribution in [3.63, 3.8) is 0 Å². The molecule has 1 fully saturated rings. The summed E-state index contributed by atoms with van der Waals surface area (Å²) in [6, 6.07) is 4.90. The van der Waals surface area contributed by atoms with Crippen LogP contribution in [0.15, 0.2) is 23.1 Å². The number of hydrogen-bond donors (Lipinski definition) is 2. The summed E-state index contributed by atoms with van der Waals surface area (Å²) < 4.78 is 33.1. The smallest absolute Gasteiger partial charge is 0.240 e. The maximum absolute atomic E-state index is 12.4. The van der Waals surface area contributed by atoms with Crippen molar-refractivity contribution in [1.29, 1.82) is 0 Å². The van der Waals surface area contributed by atoms with E-state index in [0.29, 0.717) is 17.4 Å². The lowest BCUT2D eigenvalue weighted by Crippen LogP contribution is -2.41. The second-order valence-corrected chi connectivity index (χ2v) is 7.42. The van der Waals surface area contributed by atoms with Crippen molar-refractivity contribution in [2.75, 3.05) is 6.54 Å². The minimum Gasteiger partial charge on any atom is -0.490 e. The van der Waals surface area contributed by atoms with E-state index in [0.717, 1.165) is 30.6 Å². The van der Waals surface area contributed by atoms with Crippen LogP contribution >= 0.6 is 0 Å². The molecule has 0 saturated heterocycles. The third-order valence-corrected chi connectivity index (χ3v) is 5.42. The van der Waals surface area contributed by atoms with Crippen LogP contribution in [0.25, 0.3) is 0 Å². The van der Waals surface area contributed by atoms with Gasteiger partial charge in [0, 0.05) is 19.0 Å². The molecule has 0 spiro atoms. The number of hydrogen-bond acceptors (Lipinski definition) is 4. The van der Waals surface area contributed by atoms with Gasteiger partial charge in [0.25, 0.3) is 0 Å². The van der Waals surface area contributed by atoms with Gasteiger partial charge in [0.05, 0.1) is 4.90 Å². The third kappa shape index (κ3) is 2.68. The fourth-order valence-electron chi connectivity index (χ4n) is 2.67. The molecule has 1 heterocycles. The molecule has 1 saturated carbocycles. The van der Waals surface area contributed by atoms with Crippen molar-refractivity contribution >= 4 is 10.0 Å². The third-order valence-electron chi connectivity index (χ3n) is 3.93.